The molecule has 39 heavy (non-hydrogen) atoms. The SMILES string of the molecule is CS(=O)(=O)c1ccc(-c2ccc3cc(O)ccc3c2Oc2ccc(OCCN3CCCCC3)cc2)c(Cl)c1Cl. The Kier molecular flexibility index (Phi) is 8.24. The van der Waals surface area contributed by atoms with E-state index >= 15 is 0 Å². The van der Waals surface area contributed by atoms with Crippen molar-refractivity contribution in [3.8, 4) is 34.1 Å². The first-order valence-electron chi connectivity index (χ1n) is 12.8. The summed E-state index contributed by atoms with van der Waals surface area (Å²) in [5.74, 6) is 1.96. The maximum atomic E-state index is 12.1. The molecule has 0 saturated carbocycles. The Morgan fingerprint density at radius 2 is 1.54 bits per heavy atom. The summed E-state index contributed by atoms with van der Waals surface area (Å²) in [5, 5.41) is 11.6. The maximum Gasteiger partial charge on any atom is 0.177 e. The summed E-state index contributed by atoms with van der Waals surface area (Å²) in [7, 11) is -3.56. The molecule has 0 amide bonds. The Balaban J connectivity index is 1.45. The molecule has 1 aliphatic heterocycles. The van der Waals surface area contributed by atoms with Crippen LogP contribution in [0.4, 0.5) is 0 Å². The highest BCUT2D eigenvalue weighted by Gasteiger charge is 2.21. The summed E-state index contributed by atoms with van der Waals surface area (Å²) < 4.78 is 36.6. The van der Waals surface area contributed by atoms with Crippen LogP contribution in [0.1, 0.15) is 19.3 Å². The molecule has 0 aliphatic carbocycles. The van der Waals surface area contributed by atoms with E-state index in [-0.39, 0.29) is 20.7 Å². The zero-order chi connectivity index (χ0) is 27.6. The third kappa shape index (κ3) is 6.28. The summed E-state index contributed by atoms with van der Waals surface area (Å²) >= 11 is 13.0. The number of phenols is 1. The molecule has 0 radical (unpaired) electrons. The van der Waals surface area contributed by atoms with E-state index in [1.54, 1.807) is 24.3 Å². The molecular formula is C30H29Cl2NO5S. The lowest BCUT2D eigenvalue weighted by atomic mass is 9.99. The van der Waals surface area contributed by atoms with Gasteiger partial charge in [-0.1, -0.05) is 41.8 Å². The highest BCUT2D eigenvalue weighted by molar-refractivity contribution is 7.90. The van der Waals surface area contributed by atoms with Crippen molar-refractivity contribution in [1.29, 1.82) is 0 Å². The lowest BCUT2D eigenvalue weighted by molar-refractivity contribution is 0.183. The van der Waals surface area contributed by atoms with Crippen molar-refractivity contribution in [2.75, 3.05) is 32.5 Å². The van der Waals surface area contributed by atoms with E-state index in [2.05, 4.69) is 4.90 Å². The number of aromatic hydroxyl groups is 1. The van der Waals surface area contributed by atoms with Crippen molar-refractivity contribution in [2.45, 2.75) is 24.2 Å². The molecule has 1 N–H and O–H groups in total. The van der Waals surface area contributed by atoms with Crippen LogP contribution in [-0.2, 0) is 9.84 Å². The van der Waals surface area contributed by atoms with Crippen molar-refractivity contribution < 1.29 is 23.0 Å². The van der Waals surface area contributed by atoms with Gasteiger partial charge in [0.15, 0.2) is 9.84 Å². The number of piperidine rings is 1. The Bertz CT molecular complexity index is 1600. The fourth-order valence-electron chi connectivity index (χ4n) is 4.83. The van der Waals surface area contributed by atoms with Gasteiger partial charge in [-0.15, -0.1) is 0 Å². The molecule has 5 rings (SSSR count). The van der Waals surface area contributed by atoms with E-state index in [0.717, 1.165) is 42.4 Å². The number of benzene rings is 4. The van der Waals surface area contributed by atoms with Gasteiger partial charge in [0.25, 0.3) is 0 Å². The Morgan fingerprint density at radius 3 is 2.26 bits per heavy atom. The molecule has 0 unspecified atom stereocenters. The predicted octanol–water partition coefficient (Wildman–Crippen LogP) is 7.58. The molecule has 9 heteroatoms. The van der Waals surface area contributed by atoms with E-state index < -0.39 is 9.84 Å². The zero-order valence-corrected chi connectivity index (χ0v) is 23.8. The van der Waals surface area contributed by atoms with Crippen LogP contribution in [0.25, 0.3) is 21.9 Å². The summed E-state index contributed by atoms with van der Waals surface area (Å²) in [5.41, 5.74) is 1.15. The first-order chi connectivity index (χ1) is 18.7. The fourth-order valence-corrected chi connectivity index (χ4v) is 6.48. The van der Waals surface area contributed by atoms with Gasteiger partial charge in [0.2, 0.25) is 0 Å². The quantitative estimate of drug-likeness (QED) is 0.229. The summed E-state index contributed by atoms with van der Waals surface area (Å²) in [6.45, 7) is 3.80. The zero-order valence-electron chi connectivity index (χ0n) is 21.5. The van der Waals surface area contributed by atoms with E-state index in [4.69, 9.17) is 32.7 Å². The molecule has 0 atom stereocenters. The predicted molar refractivity (Wildman–Crippen MR) is 156 cm³/mol. The van der Waals surface area contributed by atoms with Crippen molar-refractivity contribution in [1.82, 2.24) is 4.90 Å². The molecule has 0 aromatic heterocycles. The van der Waals surface area contributed by atoms with Gasteiger partial charge in [-0.2, -0.15) is 0 Å². The number of fused-ring (bicyclic) bond motifs is 1. The molecule has 204 valence electrons. The first kappa shape index (κ1) is 27.6. The number of likely N-dealkylation sites (tertiary alicyclic amines) is 1. The van der Waals surface area contributed by atoms with Crippen LogP contribution >= 0.6 is 23.2 Å². The number of sulfone groups is 1. The van der Waals surface area contributed by atoms with Crippen LogP contribution in [0.5, 0.6) is 23.0 Å². The molecule has 1 heterocycles. The van der Waals surface area contributed by atoms with E-state index in [9.17, 15) is 13.5 Å². The fraction of sp³-hybridized carbons (Fsp3) is 0.267. The lowest BCUT2D eigenvalue weighted by Gasteiger charge is -2.26. The van der Waals surface area contributed by atoms with E-state index in [0.29, 0.717) is 29.2 Å². The number of nitrogens with zero attached hydrogens (tertiary/aromatic N) is 1. The van der Waals surface area contributed by atoms with Crippen LogP contribution in [-0.4, -0.2) is 50.9 Å². The van der Waals surface area contributed by atoms with Crippen LogP contribution in [0, 0.1) is 0 Å². The average molecular weight is 587 g/mol. The van der Waals surface area contributed by atoms with Gasteiger partial charge in [-0.3, -0.25) is 4.90 Å². The van der Waals surface area contributed by atoms with E-state index in [1.807, 2.05) is 36.4 Å². The number of rotatable bonds is 8. The molecule has 6 nitrogen and oxygen atoms in total. The van der Waals surface area contributed by atoms with E-state index in [1.165, 1.54) is 25.3 Å². The van der Waals surface area contributed by atoms with Crippen LogP contribution in [0.15, 0.2) is 71.6 Å². The highest BCUT2D eigenvalue weighted by atomic mass is 35.5. The third-order valence-electron chi connectivity index (χ3n) is 6.86. The minimum Gasteiger partial charge on any atom is -0.508 e. The second-order valence-electron chi connectivity index (χ2n) is 9.68. The smallest absolute Gasteiger partial charge is 0.177 e. The number of ether oxygens (including phenoxy) is 2. The minimum absolute atomic E-state index is 0.0398. The van der Waals surface area contributed by atoms with Gasteiger partial charge in [-0.05, 0) is 85.9 Å². The van der Waals surface area contributed by atoms with Gasteiger partial charge >= 0.3 is 0 Å². The normalized spacial score (nSPS) is 14.4. The number of hydrogen-bond donors (Lipinski definition) is 1. The Morgan fingerprint density at radius 1 is 0.846 bits per heavy atom. The monoisotopic (exact) mass is 585 g/mol. The topological polar surface area (TPSA) is 76.1 Å². The second kappa shape index (κ2) is 11.6. The van der Waals surface area contributed by atoms with Gasteiger partial charge in [-0.25, -0.2) is 8.42 Å². The summed E-state index contributed by atoms with van der Waals surface area (Å²) in [6.07, 6.45) is 4.90. The molecule has 1 saturated heterocycles. The average Bonchev–Trinajstić information content (AvgIpc) is 2.91. The van der Waals surface area contributed by atoms with Gasteiger partial charge in [0.05, 0.1) is 14.9 Å². The maximum absolute atomic E-state index is 12.1. The Hall–Kier alpha value is -2.97. The molecule has 4 aromatic carbocycles. The summed E-state index contributed by atoms with van der Waals surface area (Å²) in [4.78, 5) is 2.39. The molecule has 0 bridgehead atoms. The minimum atomic E-state index is -3.56. The van der Waals surface area contributed by atoms with Crippen molar-refractivity contribution in [2.24, 2.45) is 0 Å². The van der Waals surface area contributed by atoms with Crippen LogP contribution < -0.4 is 9.47 Å². The molecule has 1 aliphatic rings. The van der Waals surface area contributed by atoms with Crippen molar-refractivity contribution >= 4 is 43.8 Å². The second-order valence-corrected chi connectivity index (χ2v) is 12.4. The van der Waals surface area contributed by atoms with Gasteiger partial charge in [0, 0.05) is 29.3 Å². The number of halogens is 2. The molecule has 0 spiro atoms. The van der Waals surface area contributed by atoms with Gasteiger partial charge < -0.3 is 14.6 Å². The Labute approximate surface area is 238 Å². The molecular weight excluding hydrogens is 557 g/mol. The number of hydrogen-bond acceptors (Lipinski definition) is 6. The summed E-state index contributed by atoms with van der Waals surface area (Å²) in [6, 6.07) is 19.1. The molecule has 1 fully saturated rings. The van der Waals surface area contributed by atoms with Crippen molar-refractivity contribution in [3.63, 3.8) is 0 Å². The standard InChI is InChI=1S/C30H29Cl2NO5S/c1-39(35,36)27-14-13-25(28(31)29(27)32)26-11-5-20-19-21(34)6-12-24(20)30(26)38-23-9-7-22(8-10-23)37-18-17-33-15-3-2-4-16-33/h5-14,19,34H,2-4,15-18H2,1H3. The highest BCUT2D eigenvalue weighted by Crippen LogP contribution is 2.45. The number of phenolic OH excluding ortho intramolecular Hbond substituents is 1. The molecule has 4 aromatic rings. The van der Waals surface area contributed by atoms with Crippen LogP contribution in [0.3, 0.4) is 0 Å². The van der Waals surface area contributed by atoms with Gasteiger partial charge in [0.1, 0.15) is 29.6 Å². The lowest BCUT2D eigenvalue weighted by Crippen LogP contribution is -2.33. The van der Waals surface area contributed by atoms with Crippen LogP contribution in [0.2, 0.25) is 10.0 Å². The largest absolute Gasteiger partial charge is 0.508 e. The third-order valence-corrected chi connectivity index (χ3v) is 8.99. The van der Waals surface area contributed by atoms with Crippen molar-refractivity contribution in [3.05, 3.63) is 76.8 Å². The first-order valence-corrected chi connectivity index (χ1v) is 15.4.